The Hall–Kier alpha value is -2.24. The van der Waals surface area contributed by atoms with Gasteiger partial charge in [0.2, 0.25) is 0 Å². The molecule has 0 saturated carbocycles. The number of hydrogen-bond acceptors (Lipinski definition) is 5. The van der Waals surface area contributed by atoms with Crippen LogP contribution in [0.1, 0.15) is 5.56 Å². The summed E-state index contributed by atoms with van der Waals surface area (Å²) in [7, 11) is 1.63. The molecule has 0 spiro atoms. The third-order valence-electron chi connectivity index (χ3n) is 4.69. The quantitative estimate of drug-likeness (QED) is 0.826. The van der Waals surface area contributed by atoms with Gasteiger partial charge in [-0.05, 0) is 36.8 Å². The highest BCUT2D eigenvalue weighted by atomic mass is 16.5. The number of benzene rings is 2. The maximum atomic E-state index is 10.3. The third-order valence-corrected chi connectivity index (χ3v) is 4.69. The fourth-order valence-electron chi connectivity index (χ4n) is 3.25. The highest BCUT2D eigenvalue weighted by Gasteiger charge is 2.19. The first kappa shape index (κ1) is 18.5. The van der Waals surface area contributed by atoms with Crippen LogP contribution in [0.3, 0.4) is 0 Å². The largest absolute Gasteiger partial charge is 0.497 e. The molecule has 1 saturated heterocycles. The van der Waals surface area contributed by atoms with Gasteiger partial charge in [-0.25, -0.2) is 0 Å². The molecule has 0 radical (unpaired) electrons. The number of aliphatic hydroxyl groups is 1. The number of rotatable bonds is 7. The molecule has 1 aliphatic rings. The van der Waals surface area contributed by atoms with Gasteiger partial charge in [-0.3, -0.25) is 4.90 Å². The maximum Gasteiger partial charge on any atom is 0.123 e. The minimum absolute atomic E-state index is 0.283. The van der Waals surface area contributed by atoms with Gasteiger partial charge >= 0.3 is 0 Å². The molecule has 1 heterocycles. The number of anilines is 1. The Morgan fingerprint density at radius 3 is 2.46 bits per heavy atom. The lowest BCUT2D eigenvalue weighted by atomic mass is 10.2. The van der Waals surface area contributed by atoms with E-state index in [1.165, 1.54) is 11.3 Å². The average molecular weight is 356 g/mol. The second kappa shape index (κ2) is 8.92. The van der Waals surface area contributed by atoms with Gasteiger partial charge in [0.05, 0.1) is 7.11 Å². The van der Waals surface area contributed by atoms with Crippen LogP contribution >= 0.6 is 0 Å². The number of aliphatic hydroxyl groups excluding tert-OH is 1. The van der Waals surface area contributed by atoms with E-state index in [2.05, 4.69) is 41.0 Å². The van der Waals surface area contributed by atoms with Crippen LogP contribution in [0.15, 0.2) is 48.5 Å². The normalized spacial score (nSPS) is 16.3. The van der Waals surface area contributed by atoms with Gasteiger partial charge < -0.3 is 19.5 Å². The van der Waals surface area contributed by atoms with Crippen LogP contribution in [0.5, 0.6) is 11.5 Å². The molecule has 1 N–H and O–H groups in total. The number of methoxy groups -OCH3 is 1. The Balaban J connectivity index is 1.42. The molecule has 3 rings (SSSR count). The Morgan fingerprint density at radius 1 is 1.00 bits per heavy atom. The van der Waals surface area contributed by atoms with Gasteiger partial charge in [0.15, 0.2) is 0 Å². The van der Waals surface area contributed by atoms with Crippen molar-refractivity contribution in [1.82, 2.24) is 4.90 Å². The van der Waals surface area contributed by atoms with Crippen LogP contribution in [0.4, 0.5) is 5.69 Å². The van der Waals surface area contributed by atoms with Crippen LogP contribution < -0.4 is 14.4 Å². The Labute approximate surface area is 155 Å². The molecule has 1 atom stereocenters. The summed E-state index contributed by atoms with van der Waals surface area (Å²) >= 11 is 0. The second-order valence-electron chi connectivity index (χ2n) is 6.77. The SMILES string of the molecule is COc1cccc(OC[C@@H](O)CN2CCN(c3cccc(C)c3)CC2)c1. The third kappa shape index (κ3) is 5.13. The predicted molar refractivity (Wildman–Crippen MR) is 104 cm³/mol. The van der Waals surface area contributed by atoms with Crippen LogP contribution in [0.2, 0.25) is 0 Å². The first-order valence-corrected chi connectivity index (χ1v) is 9.13. The zero-order valence-corrected chi connectivity index (χ0v) is 15.6. The minimum atomic E-state index is -0.508. The van der Waals surface area contributed by atoms with E-state index in [0.717, 1.165) is 31.9 Å². The van der Waals surface area contributed by atoms with E-state index in [-0.39, 0.29) is 6.61 Å². The molecule has 26 heavy (non-hydrogen) atoms. The molecule has 0 aliphatic carbocycles. The summed E-state index contributed by atoms with van der Waals surface area (Å²) in [5, 5.41) is 10.3. The summed E-state index contributed by atoms with van der Waals surface area (Å²) in [4.78, 5) is 4.70. The van der Waals surface area contributed by atoms with Crippen molar-refractivity contribution < 1.29 is 14.6 Å². The van der Waals surface area contributed by atoms with Crippen LogP contribution in [0, 0.1) is 6.92 Å². The lowest BCUT2D eigenvalue weighted by Gasteiger charge is -2.37. The number of hydrogen-bond donors (Lipinski definition) is 1. The van der Waals surface area contributed by atoms with Gasteiger partial charge in [0.25, 0.3) is 0 Å². The smallest absolute Gasteiger partial charge is 0.123 e. The highest BCUT2D eigenvalue weighted by Crippen LogP contribution is 2.20. The van der Waals surface area contributed by atoms with Crippen molar-refractivity contribution >= 4 is 5.69 Å². The Kier molecular flexibility index (Phi) is 6.36. The molecular formula is C21H28N2O3. The zero-order chi connectivity index (χ0) is 18.4. The van der Waals surface area contributed by atoms with E-state index in [0.29, 0.717) is 12.3 Å². The van der Waals surface area contributed by atoms with E-state index < -0.39 is 6.10 Å². The fourth-order valence-corrected chi connectivity index (χ4v) is 3.25. The molecule has 1 fully saturated rings. The molecule has 5 heteroatoms. The van der Waals surface area contributed by atoms with Crippen molar-refractivity contribution in [2.45, 2.75) is 13.0 Å². The maximum absolute atomic E-state index is 10.3. The summed E-state index contributed by atoms with van der Waals surface area (Å²) in [6, 6.07) is 16.1. The summed E-state index contributed by atoms with van der Waals surface area (Å²) in [5.74, 6) is 1.47. The summed E-state index contributed by atoms with van der Waals surface area (Å²) < 4.78 is 10.9. The van der Waals surface area contributed by atoms with E-state index in [1.54, 1.807) is 7.11 Å². The van der Waals surface area contributed by atoms with Gasteiger partial charge in [0, 0.05) is 44.5 Å². The molecule has 1 aliphatic heterocycles. The van der Waals surface area contributed by atoms with Crippen molar-refractivity contribution in [3.8, 4) is 11.5 Å². The van der Waals surface area contributed by atoms with Crippen molar-refractivity contribution in [2.24, 2.45) is 0 Å². The lowest BCUT2D eigenvalue weighted by Crippen LogP contribution is -2.49. The van der Waals surface area contributed by atoms with Crippen molar-refractivity contribution in [1.29, 1.82) is 0 Å². The number of aryl methyl sites for hydroxylation is 1. The topological polar surface area (TPSA) is 45.2 Å². The van der Waals surface area contributed by atoms with Gasteiger partial charge in [-0.1, -0.05) is 18.2 Å². The zero-order valence-electron chi connectivity index (χ0n) is 15.6. The molecular weight excluding hydrogens is 328 g/mol. The van der Waals surface area contributed by atoms with E-state index in [4.69, 9.17) is 9.47 Å². The molecule has 2 aromatic carbocycles. The van der Waals surface area contributed by atoms with E-state index >= 15 is 0 Å². The minimum Gasteiger partial charge on any atom is -0.497 e. The number of piperazine rings is 1. The molecule has 140 valence electrons. The Bertz CT molecular complexity index is 699. The first-order chi connectivity index (χ1) is 12.6. The van der Waals surface area contributed by atoms with E-state index in [1.807, 2.05) is 24.3 Å². The molecule has 0 bridgehead atoms. The van der Waals surface area contributed by atoms with Gasteiger partial charge in [0.1, 0.15) is 24.2 Å². The molecule has 2 aromatic rings. The molecule has 0 amide bonds. The Morgan fingerprint density at radius 2 is 1.73 bits per heavy atom. The van der Waals surface area contributed by atoms with E-state index in [9.17, 15) is 5.11 Å². The fraction of sp³-hybridized carbons (Fsp3) is 0.429. The summed E-state index contributed by atoms with van der Waals surface area (Å²) in [5.41, 5.74) is 2.57. The standard InChI is InChI=1S/C21H28N2O3/c1-17-5-3-6-18(13-17)23-11-9-22(10-12-23)15-19(24)16-26-21-8-4-7-20(14-21)25-2/h3-8,13-14,19,24H,9-12,15-16H2,1-2H3/t19-/m0/s1. The van der Waals surface area contributed by atoms with Crippen molar-refractivity contribution in [3.05, 3.63) is 54.1 Å². The lowest BCUT2D eigenvalue weighted by molar-refractivity contribution is 0.0662. The van der Waals surface area contributed by atoms with Crippen molar-refractivity contribution in [2.75, 3.05) is 51.3 Å². The van der Waals surface area contributed by atoms with Gasteiger partial charge in [-0.2, -0.15) is 0 Å². The summed E-state index contributed by atoms with van der Waals surface area (Å²) in [6.45, 7) is 6.89. The van der Waals surface area contributed by atoms with Crippen LogP contribution in [0.25, 0.3) is 0 Å². The molecule has 5 nitrogen and oxygen atoms in total. The van der Waals surface area contributed by atoms with Crippen LogP contribution in [-0.4, -0.2) is 62.6 Å². The first-order valence-electron chi connectivity index (χ1n) is 9.13. The molecule has 0 aromatic heterocycles. The van der Waals surface area contributed by atoms with Crippen molar-refractivity contribution in [3.63, 3.8) is 0 Å². The second-order valence-corrected chi connectivity index (χ2v) is 6.77. The molecule has 0 unspecified atom stereocenters. The number of β-amino-alcohol motifs (C(OH)–C–C–N with tert-alkyl or cyclic N) is 1. The number of nitrogens with zero attached hydrogens (tertiary/aromatic N) is 2. The predicted octanol–water partition coefficient (Wildman–Crippen LogP) is 2.57. The van der Waals surface area contributed by atoms with Gasteiger partial charge in [-0.15, -0.1) is 0 Å². The van der Waals surface area contributed by atoms with Crippen LogP contribution in [-0.2, 0) is 0 Å². The monoisotopic (exact) mass is 356 g/mol. The highest BCUT2D eigenvalue weighted by molar-refractivity contribution is 5.48. The average Bonchev–Trinajstić information content (AvgIpc) is 2.67. The summed E-state index contributed by atoms with van der Waals surface area (Å²) in [6.07, 6.45) is -0.508. The number of ether oxygens (including phenoxy) is 2.